The highest BCUT2D eigenvalue weighted by molar-refractivity contribution is 7.99. The Morgan fingerprint density at radius 3 is 2.58 bits per heavy atom. The first-order valence-electron chi connectivity index (χ1n) is 9.80. The molecule has 164 valence electrons. The minimum absolute atomic E-state index is 0.151. The molecular weight excluding hydrogens is 416 g/mol. The molecule has 3 rings (SSSR count). The average molecular weight is 443 g/mol. The Bertz CT molecular complexity index is 1040. The summed E-state index contributed by atoms with van der Waals surface area (Å²) >= 11 is 1.32. The van der Waals surface area contributed by atoms with E-state index in [0.29, 0.717) is 40.5 Å². The van der Waals surface area contributed by atoms with Crippen LogP contribution in [-0.2, 0) is 17.9 Å². The summed E-state index contributed by atoms with van der Waals surface area (Å²) in [5.41, 5.74) is 1.72. The first-order chi connectivity index (χ1) is 15.0. The molecular formula is C22H26N4O4S. The zero-order valence-electron chi connectivity index (χ0n) is 18.0. The van der Waals surface area contributed by atoms with Gasteiger partial charge in [-0.25, -0.2) is 0 Å². The normalized spacial score (nSPS) is 10.6. The van der Waals surface area contributed by atoms with Crippen molar-refractivity contribution in [3.63, 3.8) is 0 Å². The number of hydrogen-bond donors (Lipinski definition) is 1. The molecule has 31 heavy (non-hydrogen) atoms. The van der Waals surface area contributed by atoms with Gasteiger partial charge in [0.15, 0.2) is 22.5 Å². The van der Waals surface area contributed by atoms with Gasteiger partial charge in [0, 0.05) is 6.54 Å². The molecule has 2 aromatic carbocycles. The van der Waals surface area contributed by atoms with Crippen LogP contribution in [0.5, 0.6) is 17.2 Å². The van der Waals surface area contributed by atoms with E-state index in [9.17, 15) is 4.79 Å². The number of para-hydroxylation sites is 2. The maximum Gasteiger partial charge on any atom is 0.234 e. The van der Waals surface area contributed by atoms with E-state index in [1.165, 1.54) is 11.8 Å². The van der Waals surface area contributed by atoms with E-state index in [0.717, 1.165) is 5.56 Å². The second-order valence-corrected chi connectivity index (χ2v) is 7.57. The van der Waals surface area contributed by atoms with E-state index in [4.69, 9.17) is 14.2 Å². The van der Waals surface area contributed by atoms with Gasteiger partial charge < -0.3 is 24.1 Å². The monoisotopic (exact) mass is 442 g/mol. The predicted octanol–water partition coefficient (Wildman–Crippen LogP) is 3.93. The lowest BCUT2D eigenvalue weighted by molar-refractivity contribution is -0.113. The molecule has 0 aliphatic heterocycles. The van der Waals surface area contributed by atoms with Gasteiger partial charge in [-0.1, -0.05) is 30.0 Å². The minimum atomic E-state index is -0.151. The van der Waals surface area contributed by atoms with Gasteiger partial charge in [0.1, 0.15) is 12.4 Å². The Morgan fingerprint density at radius 1 is 1.06 bits per heavy atom. The van der Waals surface area contributed by atoms with Crippen LogP contribution in [0, 0.1) is 6.92 Å². The van der Waals surface area contributed by atoms with Gasteiger partial charge in [-0.05, 0) is 43.7 Å². The summed E-state index contributed by atoms with van der Waals surface area (Å²) in [4.78, 5) is 12.4. The number of carbonyl (C=O) groups excluding carboxylic acids is 1. The number of anilines is 1. The number of thioether (sulfide) groups is 1. The second-order valence-electron chi connectivity index (χ2n) is 6.62. The zero-order valence-corrected chi connectivity index (χ0v) is 18.9. The van der Waals surface area contributed by atoms with Gasteiger partial charge in [-0.2, -0.15) is 0 Å². The van der Waals surface area contributed by atoms with Crippen molar-refractivity contribution in [1.29, 1.82) is 0 Å². The average Bonchev–Trinajstić information content (AvgIpc) is 3.18. The van der Waals surface area contributed by atoms with Gasteiger partial charge in [0.2, 0.25) is 5.91 Å². The van der Waals surface area contributed by atoms with E-state index >= 15 is 0 Å². The van der Waals surface area contributed by atoms with E-state index in [1.807, 2.05) is 48.7 Å². The molecule has 1 N–H and O–H groups in total. The van der Waals surface area contributed by atoms with Gasteiger partial charge in [0.25, 0.3) is 0 Å². The van der Waals surface area contributed by atoms with E-state index in [2.05, 4.69) is 15.5 Å². The lowest BCUT2D eigenvalue weighted by Crippen LogP contribution is -2.15. The summed E-state index contributed by atoms with van der Waals surface area (Å²) in [6.07, 6.45) is 0. The van der Waals surface area contributed by atoms with Crippen LogP contribution in [0.2, 0.25) is 0 Å². The first-order valence-corrected chi connectivity index (χ1v) is 10.8. The smallest absolute Gasteiger partial charge is 0.234 e. The number of carbonyl (C=O) groups is 1. The molecule has 1 aromatic heterocycles. The van der Waals surface area contributed by atoms with Crippen molar-refractivity contribution >= 4 is 23.4 Å². The number of nitrogens with one attached hydrogen (secondary N) is 1. The molecule has 9 heteroatoms. The maximum absolute atomic E-state index is 12.4. The number of nitrogens with zero attached hydrogens (tertiary/aromatic N) is 3. The van der Waals surface area contributed by atoms with Crippen LogP contribution in [0.25, 0.3) is 0 Å². The van der Waals surface area contributed by atoms with Crippen molar-refractivity contribution in [2.45, 2.75) is 32.2 Å². The maximum atomic E-state index is 12.4. The number of amides is 1. The molecule has 0 saturated heterocycles. The molecule has 0 bridgehead atoms. The van der Waals surface area contributed by atoms with E-state index in [1.54, 1.807) is 26.4 Å². The minimum Gasteiger partial charge on any atom is -0.495 e. The van der Waals surface area contributed by atoms with E-state index in [-0.39, 0.29) is 18.3 Å². The van der Waals surface area contributed by atoms with Crippen molar-refractivity contribution < 1.29 is 19.0 Å². The lowest BCUT2D eigenvalue weighted by Gasteiger charge is -2.12. The molecule has 0 spiro atoms. The molecule has 8 nitrogen and oxygen atoms in total. The summed E-state index contributed by atoms with van der Waals surface area (Å²) in [6.45, 7) is 4.90. The fraction of sp³-hybridized carbons (Fsp3) is 0.318. The van der Waals surface area contributed by atoms with E-state index < -0.39 is 0 Å². The van der Waals surface area contributed by atoms with Crippen LogP contribution < -0.4 is 19.5 Å². The Kier molecular flexibility index (Phi) is 7.77. The van der Waals surface area contributed by atoms with Crippen molar-refractivity contribution in [2.24, 2.45) is 0 Å². The quantitative estimate of drug-likeness (QED) is 0.476. The molecule has 0 aliphatic carbocycles. The number of ether oxygens (including phenoxy) is 3. The Labute approximate surface area is 185 Å². The number of rotatable bonds is 10. The summed E-state index contributed by atoms with van der Waals surface area (Å²) < 4.78 is 18.5. The van der Waals surface area contributed by atoms with Crippen molar-refractivity contribution in [3.05, 3.63) is 53.9 Å². The van der Waals surface area contributed by atoms with Crippen LogP contribution in [0.4, 0.5) is 5.69 Å². The van der Waals surface area contributed by atoms with Crippen LogP contribution in [-0.4, -0.2) is 40.6 Å². The van der Waals surface area contributed by atoms with Crippen LogP contribution in [0.3, 0.4) is 0 Å². The van der Waals surface area contributed by atoms with Gasteiger partial charge >= 0.3 is 0 Å². The summed E-state index contributed by atoms with van der Waals surface area (Å²) in [7, 11) is 3.18. The Balaban J connectivity index is 1.61. The SMILES string of the molecule is CCn1c(COc2ccc(C)cc2OC)nnc1SCC(=O)Nc1ccccc1OC. The topological polar surface area (TPSA) is 87.5 Å². The summed E-state index contributed by atoms with van der Waals surface area (Å²) in [5.74, 6) is 2.65. The third-order valence-corrected chi connectivity index (χ3v) is 5.47. The van der Waals surface area contributed by atoms with Crippen molar-refractivity contribution in [1.82, 2.24) is 14.8 Å². The molecule has 0 aliphatic rings. The second kappa shape index (κ2) is 10.7. The lowest BCUT2D eigenvalue weighted by atomic mass is 10.2. The predicted molar refractivity (Wildman–Crippen MR) is 120 cm³/mol. The van der Waals surface area contributed by atoms with Gasteiger partial charge in [-0.15, -0.1) is 10.2 Å². The number of hydrogen-bond acceptors (Lipinski definition) is 7. The molecule has 3 aromatic rings. The molecule has 0 unspecified atom stereocenters. The fourth-order valence-corrected chi connectivity index (χ4v) is 3.77. The molecule has 1 heterocycles. The van der Waals surface area contributed by atoms with Gasteiger partial charge in [0.05, 0.1) is 25.7 Å². The number of methoxy groups -OCH3 is 2. The highest BCUT2D eigenvalue weighted by Gasteiger charge is 2.15. The molecule has 1 amide bonds. The molecule has 0 radical (unpaired) electrons. The Hall–Kier alpha value is -3.20. The number of aromatic nitrogens is 3. The largest absolute Gasteiger partial charge is 0.495 e. The standard InChI is InChI=1S/C22H26N4O4S/c1-5-26-20(13-30-18-11-10-15(2)12-19(18)29-4)24-25-22(26)31-14-21(27)23-16-8-6-7-9-17(16)28-3/h6-12H,5,13-14H2,1-4H3,(H,23,27). The Morgan fingerprint density at radius 2 is 1.84 bits per heavy atom. The van der Waals surface area contributed by atoms with Crippen molar-refractivity contribution in [2.75, 3.05) is 25.3 Å². The first kappa shape index (κ1) is 22.5. The van der Waals surface area contributed by atoms with Gasteiger partial charge in [-0.3, -0.25) is 4.79 Å². The van der Waals surface area contributed by atoms with Crippen LogP contribution >= 0.6 is 11.8 Å². The third-order valence-electron chi connectivity index (χ3n) is 4.50. The summed E-state index contributed by atoms with van der Waals surface area (Å²) in [5, 5.41) is 12.0. The molecule has 0 saturated carbocycles. The molecule has 0 atom stereocenters. The highest BCUT2D eigenvalue weighted by atomic mass is 32.2. The fourth-order valence-electron chi connectivity index (χ4n) is 2.95. The third kappa shape index (κ3) is 5.69. The zero-order chi connectivity index (χ0) is 22.2. The van der Waals surface area contributed by atoms with Crippen molar-refractivity contribution in [3.8, 4) is 17.2 Å². The van der Waals surface area contributed by atoms with Crippen LogP contribution in [0.15, 0.2) is 47.6 Å². The number of benzene rings is 2. The summed E-state index contributed by atoms with van der Waals surface area (Å²) in [6, 6.07) is 13.0. The van der Waals surface area contributed by atoms with Crippen LogP contribution in [0.1, 0.15) is 18.3 Å². The number of aryl methyl sites for hydroxylation is 1. The highest BCUT2D eigenvalue weighted by Crippen LogP contribution is 2.29. The molecule has 0 fully saturated rings.